The number of carboxylic acids is 1. The lowest BCUT2D eigenvalue weighted by Crippen LogP contribution is -2.39. The lowest BCUT2D eigenvalue weighted by molar-refractivity contribution is -0.259. The maximum atomic E-state index is 13.1. The highest BCUT2D eigenvalue weighted by Crippen LogP contribution is 2.41. The first-order valence-electron chi connectivity index (χ1n) is 17.4. The van der Waals surface area contributed by atoms with Crippen LogP contribution in [0.2, 0.25) is 10.0 Å². The molecule has 4 rings (SSSR count). The molecule has 0 aliphatic rings. The zero-order chi connectivity index (χ0) is 47.3. The first kappa shape index (κ1) is 52.4. The molecule has 0 saturated heterocycles. The van der Waals surface area contributed by atoms with Gasteiger partial charge in [0.05, 0.1) is 38.1 Å². The number of hydrogen-bond acceptors (Lipinski definition) is 5. The van der Waals surface area contributed by atoms with Crippen molar-refractivity contribution in [2.45, 2.75) is 89.5 Å². The van der Waals surface area contributed by atoms with Gasteiger partial charge >= 0.3 is 30.7 Å². The van der Waals surface area contributed by atoms with Gasteiger partial charge < -0.3 is 25.5 Å². The zero-order valence-electron chi connectivity index (χ0n) is 32.6. The molecule has 4 aromatic rings. The number of carbonyl (C=O) groups excluding carboxylic acids is 1. The molecule has 0 radical (unpaired) electrons. The molecule has 4 N–H and O–H groups in total. The number of carbonyl (C=O) groups is 2. The number of nitrogens with one attached hydrogen (secondary N) is 1. The van der Waals surface area contributed by atoms with Gasteiger partial charge in [-0.2, -0.15) is 52.7 Å². The van der Waals surface area contributed by atoms with E-state index in [9.17, 15) is 72.5 Å². The van der Waals surface area contributed by atoms with E-state index in [2.05, 4.69) is 5.32 Å². The van der Waals surface area contributed by atoms with E-state index >= 15 is 0 Å². The summed E-state index contributed by atoms with van der Waals surface area (Å²) in [6.45, 7) is 7.96. The van der Waals surface area contributed by atoms with Gasteiger partial charge in [0.25, 0.3) is 5.91 Å². The van der Waals surface area contributed by atoms with Crippen LogP contribution in [-0.4, -0.2) is 51.6 Å². The summed E-state index contributed by atoms with van der Waals surface area (Å²) in [5.41, 5.74) is -8.79. The number of anilines is 2. The molecule has 2 atom stereocenters. The summed E-state index contributed by atoms with van der Waals surface area (Å²) in [6.07, 6.45) is -18.7. The fourth-order valence-electron chi connectivity index (χ4n) is 4.96. The van der Waals surface area contributed by atoms with Crippen LogP contribution in [0.5, 0.6) is 0 Å². The number of carboxylic acid groups (broad SMARTS) is 1. The molecule has 0 fully saturated rings. The van der Waals surface area contributed by atoms with Crippen LogP contribution in [0.1, 0.15) is 84.5 Å². The van der Waals surface area contributed by atoms with Crippen LogP contribution in [0, 0.1) is 0 Å². The maximum Gasteiger partial charge on any atom is 0.421 e. The van der Waals surface area contributed by atoms with Gasteiger partial charge in [-0.05, 0) is 113 Å². The Hall–Kier alpha value is -4.72. The minimum Gasteiger partial charge on any atom is -0.478 e. The third-order valence-electron chi connectivity index (χ3n) is 8.50. The highest BCUT2D eigenvalue weighted by Gasteiger charge is 2.52. The van der Waals surface area contributed by atoms with Gasteiger partial charge in [-0.15, -0.1) is 0 Å². The molecular weight excluding hydrogens is 887 g/mol. The summed E-state index contributed by atoms with van der Waals surface area (Å²) in [5, 5.41) is 30.6. The second-order valence-corrected chi connectivity index (χ2v) is 14.8. The third-order valence-corrected chi connectivity index (χ3v) is 9.15. The van der Waals surface area contributed by atoms with E-state index in [0.29, 0.717) is 19.5 Å². The van der Waals surface area contributed by atoms with E-state index in [1.807, 2.05) is 13.8 Å². The summed E-state index contributed by atoms with van der Waals surface area (Å²) in [6, 6.07) is 13.1. The van der Waals surface area contributed by atoms with E-state index in [-0.39, 0.29) is 32.9 Å². The lowest BCUT2D eigenvalue weighted by Gasteiger charge is -2.29. The number of rotatable bonds is 8. The molecule has 0 spiro atoms. The molecule has 0 aliphatic heterocycles. The van der Waals surface area contributed by atoms with E-state index in [4.69, 9.17) is 28.3 Å². The Morgan fingerprint density at radius 2 is 0.934 bits per heavy atom. The van der Waals surface area contributed by atoms with Crippen molar-refractivity contribution in [1.29, 1.82) is 0 Å². The number of halogens is 14. The number of hydrogen-bond donors (Lipinski definition) is 4. The fourth-order valence-corrected chi connectivity index (χ4v) is 5.34. The SMILES string of the molecule is CC(C)N(C(=O)c1ccc(C(C)(O)C(F)(F)F)cc1)c1cc(C(F)(F)F)ccc1Cl.CC(C)Nc1cc(C(F)(F)F)ccc1Cl.CC(O)(c1ccc(C(=O)O)cc1)C(F)(F)F. The molecule has 21 heteroatoms. The predicted octanol–water partition coefficient (Wildman–Crippen LogP) is 12.5. The zero-order valence-corrected chi connectivity index (χ0v) is 34.1. The summed E-state index contributed by atoms with van der Waals surface area (Å²) in [4.78, 5) is 24.5. The number of benzene rings is 4. The number of alkyl halides is 12. The number of aliphatic hydroxyl groups is 2. The van der Waals surface area contributed by atoms with Crippen molar-refractivity contribution in [2.24, 2.45) is 0 Å². The van der Waals surface area contributed by atoms with E-state index in [1.165, 1.54) is 6.07 Å². The van der Waals surface area contributed by atoms with Crippen molar-refractivity contribution >= 4 is 46.5 Å². The summed E-state index contributed by atoms with van der Waals surface area (Å²) < 4.78 is 153. The van der Waals surface area contributed by atoms with Gasteiger partial charge in [0.15, 0.2) is 11.2 Å². The molecule has 61 heavy (non-hydrogen) atoms. The Morgan fingerprint density at radius 3 is 1.28 bits per heavy atom. The highest BCUT2D eigenvalue weighted by atomic mass is 35.5. The minimum absolute atomic E-state index is 0.0333. The first-order valence-corrected chi connectivity index (χ1v) is 18.2. The van der Waals surface area contributed by atoms with Crippen molar-refractivity contribution < 1.29 is 77.6 Å². The van der Waals surface area contributed by atoms with Crippen LogP contribution in [0.3, 0.4) is 0 Å². The second kappa shape index (κ2) is 19.5. The van der Waals surface area contributed by atoms with Crippen molar-refractivity contribution in [2.75, 3.05) is 10.2 Å². The minimum atomic E-state index is -4.94. The van der Waals surface area contributed by atoms with E-state index in [0.717, 1.165) is 83.8 Å². The number of amides is 1. The van der Waals surface area contributed by atoms with Crippen LogP contribution in [0.4, 0.5) is 64.1 Å². The van der Waals surface area contributed by atoms with Crippen molar-refractivity contribution in [3.05, 3.63) is 128 Å². The van der Waals surface area contributed by atoms with Crippen LogP contribution in [-0.2, 0) is 23.6 Å². The average molecular weight is 926 g/mol. The molecule has 0 aromatic heterocycles. The molecule has 0 aliphatic carbocycles. The third kappa shape index (κ3) is 13.6. The quantitative estimate of drug-likeness (QED) is 0.131. The van der Waals surface area contributed by atoms with Gasteiger partial charge in [-0.25, -0.2) is 4.79 Å². The van der Waals surface area contributed by atoms with E-state index < -0.39 is 76.1 Å². The molecule has 4 aromatic carbocycles. The lowest BCUT2D eigenvalue weighted by atomic mass is 9.94. The summed E-state index contributed by atoms with van der Waals surface area (Å²) in [7, 11) is 0. The standard InChI is InChI=1S/C20H18ClF6NO2.C10H11ClF3N.C10H9F3O3/c1-11(2)28(16-10-14(19(22,23)24)8-9-15(16)21)17(29)12-4-6-13(7-5-12)18(3,30)20(25,26)27;1-6(2)15-9-5-7(10(12,13)14)3-4-8(9)11;1-9(16,10(11,12)13)7-4-2-6(3-5-7)8(14)15/h4-11,30H,1-3H3;3-6,15H,1-2H3;2-5,16H,1H3,(H,14,15). The highest BCUT2D eigenvalue weighted by molar-refractivity contribution is 6.34. The Balaban J connectivity index is 0.000000348. The second-order valence-electron chi connectivity index (χ2n) is 14.0. The van der Waals surface area contributed by atoms with E-state index in [1.54, 1.807) is 13.8 Å². The van der Waals surface area contributed by atoms with Gasteiger partial charge in [0.1, 0.15) is 0 Å². The summed E-state index contributed by atoms with van der Waals surface area (Å²) in [5.74, 6) is -2.00. The normalized spacial score (nSPS) is 14.2. The Morgan fingerprint density at radius 1 is 0.574 bits per heavy atom. The Bertz CT molecular complexity index is 2120. The van der Waals surface area contributed by atoms with Crippen LogP contribution in [0.25, 0.3) is 0 Å². The molecule has 336 valence electrons. The van der Waals surface area contributed by atoms with Crippen LogP contribution < -0.4 is 10.2 Å². The average Bonchev–Trinajstić information content (AvgIpc) is 3.11. The molecule has 2 unspecified atom stereocenters. The van der Waals surface area contributed by atoms with Gasteiger partial charge in [0, 0.05) is 17.6 Å². The number of aromatic carboxylic acids is 1. The topological polar surface area (TPSA) is 110 Å². The van der Waals surface area contributed by atoms with Crippen molar-refractivity contribution in [3.8, 4) is 0 Å². The molecule has 0 heterocycles. The van der Waals surface area contributed by atoms with Crippen molar-refractivity contribution in [3.63, 3.8) is 0 Å². The predicted molar refractivity (Wildman–Crippen MR) is 205 cm³/mol. The van der Waals surface area contributed by atoms with Gasteiger partial charge in [0.2, 0.25) is 0 Å². The van der Waals surface area contributed by atoms with Crippen LogP contribution in [0.15, 0.2) is 84.9 Å². The number of nitrogens with zero attached hydrogens (tertiary/aromatic N) is 1. The Labute approximate surface area is 351 Å². The van der Waals surface area contributed by atoms with Crippen molar-refractivity contribution in [1.82, 2.24) is 0 Å². The molecule has 7 nitrogen and oxygen atoms in total. The largest absolute Gasteiger partial charge is 0.478 e. The van der Waals surface area contributed by atoms with Gasteiger partial charge in [-0.1, -0.05) is 47.5 Å². The monoisotopic (exact) mass is 924 g/mol. The molecule has 0 saturated carbocycles. The summed E-state index contributed by atoms with van der Waals surface area (Å²) >= 11 is 11.8. The van der Waals surface area contributed by atoms with Gasteiger partial charge in [-0.3, -0.25) is 4.79 Å². The van der Waals surface area contributed by atoms with Crippen LogP contribution >= 0.6 is 23.2 Å². The fraction of sp³-hybridized carbons (Fsp3) is 0.350. The maximum absolute atomic E-state index is 13.1. The smallest absolute Gasteiger partial charge is 0.421 e. The first-order chi connectivity index (χ1) is 27.5. The molecular formula is C40H38Cl2F12N2O5. The Kier molecular flexibility index (Phi) is 16.8. The molecule has 1 amide bonds. The molecule has 0 bridgehead atoms.